The van der Waals surface area contributed by atoms with Crippen molar-refractivity contribution in [1.29, 1.82) is 0 Å². The molecule has 0 radical (unpaired) electrons. The Labute approximate surface area is 126 Å². The molecule has 0 fully saturated rings. The van der Waals surface area contributed by atoms with E-state index in [9.17, 15) is 0 Å². The minimum absolute atomic E-state index is 0.0284. The third-order valence-corrected chi connectivity index (χ3v) is 3.10. The van der Waals surface area contributed by atoms with Crippen LogP contribution in [0.3, 0.4) is 0 Å². The van der Waals surface area contributed by atoms with E-state index in [4.69, 9.17) is 25.4 Å². The third kappa shape index (κ3) is 6.77. The molecule has 0 spiro atoms. The highest BCUT2D eigenvalue weighted by atomic mass is 16.5. The van der Waals surface area contributed by atoms with Gasteiger partial charge in [0.25, 0.3) is 0 Å². The first-order valence-corrected chi connectivity index (χ1v) is 7.17. The summed E-state index contributed by atoms with van der Waals surface area (Å²) in [4.78, 5) is 2.14. The second-order valence-corrected chi connectivity index (χ2v) is 4.70. The summed E-state index contributed by atoms with van der Waals surface area (Å²) in [5, 5.41) is 17.4. The Kier molecular flexibility index (Phi) is 8.77. The largest absolute Gasteiger partial charge is 0.399 e. The van der Waals surface area contributed by atoms with Gasteiger partial charge in [-0.05, 0) is 30.7 Å². The van der Waals surface area contributed by atoms with Crippen molar-refractivity contribution in [3.05, 3.63) is 23.8 Å². The molecule has 1 aromatic rings. The SMILES string of the molecule is Cc1cc(N(CCOCCO)CCOCCO)ccc1N. The fourth-order valence-electron chi connectivity index (χ4n) is 1.91. The van der Waals surface area contributed by atoms with Gasteiger partial charge in [-0.2, -0.15) is 0 Å². The van der Waals surface area contributed by atoms with Crippen molar-refractivity contribution in [3.8, 4) is 0 Å². The Morgan fingerprint density at radius 2 is 1.57 bits per heavy atom. The molecule has 0 aliphatic rings. The number of aliphatic hydroxyl groups excluding tert-OH is 2. The van der Waals surface area contributed by atoms with E-state index in [1.165, 1.54) is 0 Å². The smallest absolute Gasteiger partial charge is 0.0698 e. The molecule has 0 heterocycles. The number of hydrogen-bond donors (Lipinski definition) is 3. The van der Waals surface area contributed by atoms with Crippen molar-refractivity contribution in [3.63, 3.8) is 0 Å². The van der Waals surface area contributed by atoms with Crippen LogP contribution in [0.15, 0.2) is 18.2 Å². The normalized spacial score (nSPS) is 10.8. The molecule has 0 aliphatic heterocycles. The van der Waals surface area contributed by atoms with Gasteiger partial charge in [-0.25, -0.2) is 0 Å². The number of nitrogens with zero attached hydrogens (tertiary/aromatic N) is 1. The van der Waals surface area contributed by atoms with E-state index < -0.39 is 0 Å². The van der Waals surface area contributed by atoms with Gasteiger partial charge < -0.3 is 30.3 Å². The maximum absolute atomic E-state index is 8.72. The quantitative estimate of drug-likeness (QED) is 0.405. The van der Waals surface area contributed by atoms with Crippen LogP contribution in [0.5, 0.6) is 0 Å². The summed E-state index contributed by atoms with van der Waals surface area (Å²) in [7, 11) is 0. The first kappa shape index (κ1) is 17.7. The van der Waals surface area contributed by atoms with Crippen molar-refractivity contribution >= 4 is 11.4 Å². The lowest BCUT2D eigenvalue weighted by molar-refractivity contribution is 0.0884. The van der Waals surface area contributed by atoms with Crippen molar-refractivity contribution in [2.75, 3.05) is 63.4 Å². The number of benzene rings is 1. The van der Waals surface area contributed by atoms with Crippen LogP contribution in [0.2, 0.25) is 0 Å². The number of nitrogens with two attached hydrogens (primary N) is 1. The Hall–Kier alpha value is -1.34. The van der Waals surface area contributed by atoms with Crippen LogP contribution >= 0.6 is 0 Å². The molecule has 1 aromatic carbocycles. The monoisotopic (exact) mass is 298 g/mol. The summed E-state index contributed by atoms with van der Waals surface area (Å²) in [6, 6.07) is 5.90. The van der Waals surface area contributed by atoms with E-state index in [0.29, 0.717) is 39.5 Å². The van der Waals surface area contributed by atoms with E-state index >= 15 is 0 Å². The van der Waals surface area contributed by atoms with Crippen LogP contribution in [0.1, 0.15) is 5.56 Å². The van der Waals surface area contributed by atoms with Crippen LogP contribution in [0.25, 0.3) is 0 Å². The second-order valence-electron chi connectivity index (χ2n) is 4.70. The lowest BCUT2D eigenvalue weighted by atomic mass is 10.1. The molecule has 0 unspecified atom stereocenters. The van der Waals surface area contributed by atoms with E-state index in [0.717, 1.165) is 16.9 Å². The van der Waals surface area contributed by atoms with E-state index in [2.05, 4.69) is 4.90 Å². The molecule has 1 rings (SSSR count). The Balaban J connectivity index is 2.58. The zero-order valence-electron chi connectivity index (χ0n) is 12.6. The fraction of sp³-hybridized carbons (Fsp3) is 0.600. The molecule has 6 nitrogen and oxygen atoms in total. The van der Waals surface area contributed by atoms with Crippen LogP contribution in [0.4, 0.5) is 11.4 Å². The molecule has 6 heteroatoms. The van der Waals surface area contributed by atoms with E-state index in [-0.39, 0.29) is 13.2 Å². The van der Waals surface area contributed by atoms with Gasteiger partial charge in [0, 0.05) is 24.5 Å². The summed E-state index contributed by atoms with van der Waals surface area (Å²) in [6.45, 7) is 5.18. The predicted molar refractivity (Wildman–Crippen MR) is 83.6 cm³/mol. The molecular weight excluding hydrogens is 272 g/mol. The molecular formula is C15H26N2O4. The van der Waals surface area contributed by atoms with Crippen molar-refractivity contribution in [2.45, 2.75) is 6.92 Å². The zero-order valence-corrected chi connectivity index (χ0v) is 12.6. The highest BCUT2D eigenvalue weighted by molar-refractivity contribution is 5.58. The molecule has 0 saturated carbocycles. The second kappa shape index (κ2) is 10.4. The first-order valence-electron chi connectivity index (χ1n) is 7.17. The summed E-state index contributed by atoms with van der Waals surface area (Å²) in [6.07, 6.45) is 0. The van der Waals surface area contributed by atoms with Crippen molar-refractivity contribution in [2.24, 2.45) is 0 Å². The van der Waals surface area contributed by atoms with Crippen LogP contribution < -0.4 is 10.6 Å². The number of hydrogen-bond acceptors (Lipinski definition) is 6. The number of aryl methyl sites for hydroxylation is 1. The predicted octanol–water partition coefficient (Wildman–Crippen LogP) is 0.401. The van der Waals surface area contributed by atoms with Crippen molar-refractivity contribution in [1.82, 2.24) is 0 Å². The lowest BCUT2D eigenvalue weighted by Crippen LogP contribution is -2.31. The summed E-state index contributed by atoms with van der Waals surface area (Å²) < 4.78 is 10.6. The number of nitrogen functional groups attached to an aromatic ring is 1. The highest BCUT2D eigenvalue weighted by Gasteiger charge is 2.08. The number of rotatable bonds is 11. The van der Waals surface area contributed by atoms with E-state index in [1.807, 2.05) is 25.1 Å². The highest BCUT2D eigenvalue weighted by Crippen LogP contribution is 2.20. The zero-order chi connectivity index (χ0) is 15.5. The van der Waals surface area contributed by atoms with Gasteiger partial charge >= 0.3 is 0 Å². The lowest BCUT2D eigenvalue weighted by Gasteiger charge is -2.25. The maximum atomic E-state index is 8.72. The first-order chi connectivity index (χ1) is 10.2. The fourth-order valence-corrected chi connectivity index (χ4v) is 1.91. The van der Waals surface area contributed by atoms with Crippen LogP contribution in [-0.4, -0.2) is 62.9 Å². The van der Waals surface area contributed by atoms with Gasteiger partial charge in [-0.15, -0.1) is 0 Å². The molecule has 120 valence electrons. The van der Waals surface area contributed by atoms with Gasteiger partial charge in [0.05, 0.1) is 39.6 Å². The molecule has 0 amide bonds. The number of aliphatic hydroxyl groups is 2. The summed E-state index contributed by atoms with van der Waals surface area (Å²) >= 11 is 0. The molecule has 0 bridgehead atoms. The topological polar surface area (TPSA) is 88.2 Å². The molecule has 21 heavy (non-hydrogen) atoms. The van der Waals surface area contributed by atoms with Gasteiger partial charge in [-0.1, -0.05) is 0 Å². The van der Waals surface area contributed by atoms with Gasteiger partial charge in [-0.3, -0.25) is 0 Å². The summed E-state index contributed by atoms with van der Waals surface area (Å²) in [5.74, 6) is 0. The molecule has 0 aromatic heterocycles. The molecule has 0 atom stereocenters. The Bertz CT molecular complexity index is 389. The molecule has 0 saturated heterocycles. The number of ether oxygens (including phenoxy) is 2. The minimum atomic E-state index is 0.0284. The maximum Gasteiger partial charge on any atom is 0.0698 e. The average Bonchev–Trinajstić information content (AvgIpc) is 2.48. The molecule has 0 aliphatic carbocycles. The van der Waals surface area contributed by atoms with Crippen LogP contribution in [-0.2, 0) is 9.47 Å². The van der Waals surface area contributed by atoms with Crippen LogP contribution in [0, 0.1) is 6.92 Å². The molecule has 4 N–H and O–H groups in total. The Morgan fingerprint density at radius 3 is 2.05 bits per heavy atom. The van der Waals surface area contributed by atoms with Crippen molar-refractivity contribution < 1.29 is 19.7 Å². The average molecular weight is 298 g/mol. The van der Waals surface area contributed by atoms with Gasteiger partial charge in [0.15, 0.2) is 0 Å². The minimum Gasteiger partial charge on any atom is -0.399 e. The standard InChI is InChI=1S/C15H26N2O4/c1-13-12-14(2-3-15(13)16)17(4-8-20-10-6-18)5-9-21-11-7-19/h2-3,12,18-19H,4-11,16H2,1H3. The number of anilines is 2. The third-order valence-electron chi connectivity index (χ3n) is 3.10. The summed E-state index contributed by atoms with van der Waals surface area (Å²) in [5.41, 5.74) is 8.70. The van der Waals surface area contributed by atoms with Gasteiger partial charge in [0.2, 0.25) is 0 Å². The Morgan fingerprint density at radius 1 is 1.00 bits per heavy atom. The van der Waals surface area contributed by atoms with Gasteiger partial charge in [0.1, 0.15) is 0 Å². The van der Waals surface area contributed by atoms with E-state index in [1.54, 1.807) is 0 Å².